The molecule has 3 aromatic rings. The summed E-state index contributed by atoms with van der Waals surface area (Å²) in [6, 6.07) is 18.5. The molecule has 0 aliphatic carbocycles. The maximum atomic E-state index is 6.31. The number of hydrogen-bond acceptors (Lipinski definition) is 2. The molecule has 24 heavy (non-hydrogen) atoms. The van der Waals surface area contributed by atoms with Crippen LogP contribution in [-0.2, 0) is 4.74 Å². The lowest BCUT2D eigenvalue weighted by Gasteiger charge is -2.25. The quantitative estimate of drug-likeness (QED) is 0.670. The maximum Gasteiger partial charge on any atom is 0.158 e. The minimum Gasteiger partial charge on any atom is -0.352 e. The van der Waals surface area contributed by atoms with Crippen LogP contribution in [0.15, 0.2) is 67.0 Å². The summed E-state index contributed by atoms with van der Waals surface area (Å²) in [4.78, 5) is 2.30. The standard InChI is InChI=1S/C20H19ClN2O/c1-15-5-4-6-17(13-15)23-11-12-24-20(23)16-9-10-22(14-16)19-8-3-2-7-18(19)21/h2-10,13-14,20H,11-12H2,1H3/t20-/m0/s1. The van der Waals surface area contributed by atoms with E-state index in [0.29, 0.717) is 0 Å². The molecule has 1 aliphatic heterocycles. The highest BCUT2D eigenvalue weighted by Crippen LogP contribution is 2.33. The molecule has 3 nitrogen and oxygen atoms in total. The highest BCUT2D eigenvalue weighted by Gasteiger charge is 2.28. The molecule has 1 aliphatic rings. The van der Waals surface area contributed by atoms with E-state index in [1.54, 1.807) is 0 Å². The van der Waals surface area contributed by atoms with E-state index >= 15 is 0 Å². The maximum absolute atomic E-state index is 6.31. The van der Waals surface area contributed by atoms with Crippen molar-refractivity contribution in [3.8, 4) is 5.69 Å². The summed E-state index contributed by atoms with van der Waals surface area (Å²) >= 11 is 6.31. The summed E-state index contributed by atoms with van der Waals surface area (Å²) in [5.41, 5.74) is 4.56. The van der Waals surface area contributed by atoms with E-state index in [-0.39, 0.29) is 6.23 Å². The fraction of sp³-hybridized carbons (Fsp3) is 0.200. The largest absolute Gasteiger partial charge is 0.352 e. The SMILES string of the molecule is Cc1cccc(N2CCO[C@H]2c2ccn(-c3ccccc3Cl)c2)c1. The number of rotatable bonds is 3. The first kappa shape index (κ1) is 15.3. The van der Waals surface area contributed by atoms with Crippen LogP contribution in [0.3, 0.4) is 0 Å². The zero-order chi connectivity index (χ0) is 16.5. The van der Waals surface area contributed by atoms with Crippen molar-refractivity contribution in [1.29, 1.82) is 0 Å². The predicted molar refractivity (Wildman–Crippen MR) is 98.0 cm³/mol. The molecule has 0 unspecified atom stereocenters. The van der Waals surface area contributed by atoms with Gasteiger partial charge in [0, 0.05) is 30.2 Å². The summed E-state index contributed by atoms with van der Waals surface area (Å²) in [5, 5.41) is 0.738. The molecular formula is C20H19ClN2O. The van der Waals surface area contributed by atoms with Crippen molar-refractivity contribution in [2.75, 3.05) is 18.1 Å². The zero-order valence-electron chi connectivity index (χ0n) is 13.5. The molecule has 1 fully saturated rings. The Morgan fingerprint density at radius 2 is 1.96 bits per heavy atom. The molecular weight excluding hydrogens is 320 g/mol. The highest BCUT2D eigenvalue weighted by atomic mass is 35.5. The van der Waals surface area contributed by atoms with Gasteiger partial charge in [-0.25, -0.2) is 0 Å². The molecule has 0 spiro atoms. The molecule has 0 amide bonds. The molecule has 1 aromatic heterocycles. The van der Waals surface area contributed by atoms with Crippen molar-refractivity contribution in [1.82, 2.24) is 4.57 Å². The van der Waals surface area contributed by atoms with E-state index in [1.165, 1.54) is 11.3 Å². The van der Waals surface area contributed by atoms with Crippen LogP contribution in [0, 0.1) is 6.92 Å². The number of aromatic nitrogens is 1. The molecule has 0 bridgehead atoms. The first-order valence-corrected chi connectivity index (χ1v) is 8.48. The molecule has 0 saturated carbocycles. The van der Waals surface area contributed by atoms with E-state index in [1.807, 2.05) is 35.0 Å². The third kappa shape index (κ3) is 2.81. The van der Waals surface area contributed by atoms with Crippen LogP contribution in [0.5, 0.6) is 0 Å². The fourth-order valence-corrected chi connectivity index (χ4v) is 3.42. The lowest BCUT2D eigenvalue weighted by atomic mass is 10.2. The minimum atomic E-state index is -0.0597. The van der Waals surface area contributed by atoms with Gasteiger partial charge in [-0.05, 0) is 42.8 Å². The molecule has 2 heterocycles. The summed E-state index contributed by atoms with van der Waals surface area (Å²) in [5.74, 6) is 0. The topological polar surface area (TPSA) is 17.4 Å². The molecule has 0 N–H and O–H groups in total. The lowest BCUT2D eigenvalue weighted by molar-refractivity contribution is 0.114. The van der Waals surface area contributed by atoms with Crippen LogP contribution < -0.4 is 4.90 Å². The van der Waals surface area contributed by atoms with Crippen molar-refractivity contribution < 1.29 is 4.74 Å². The Kier molecular flexibility index (Phi) is 4.05. The molecule has 0 radical (unpaired) electrons. The summed E-state index contributed by atoms with van der Waals surface area (Å²) in [6.45, 7) is 3.74. The molecule has 122 valence electrons. The van der Waals surface area contributed by atoms with Gasteiger partial charge >= 0.3 is 0 Å². The minimum absolute atomic E-state index is 0.0597. The van der Waals surface area contributed by atoms with Gasteiger partial charge in [-0.2, -0.15) is 0 Å². The number of aryl methyl sites for hydroxylation is 1. The van der Waals surface area contributed by atoms with E-state index in [9.17, 15) is 0 Å². The smallest absolute Gasteiger partial charge is 0.158 e. The highest BCUT2D eigenvalue weighted by molar-refractivity contribution is 6.32. The molecule has 4 rings (SSSR count). The third-order valence-electron chi connectivity index (χ3n) is 4.36. The summed E-state index contributed by atoms with van der Waals surface area (Å²) in [6.07, 6.45) is 4.07. The second-order valence-electron chi connectivity index (χ2n) is 6.06. The van der Waals surface area contributed by atoms with Gasteiger partial charge in [0.15, 0.2) is 6.23 Å². The Morgan fingerprint density at radius 3 is 2.79 bits per heavy atom. The van der Waals surface area contributed by atoms with Crippen LogP contribution in [0.2, 0.25) is 5.02 Å². The average Bonchev–Trinajstić information content (AvgIpc) is 3.24. The Hall–Kier alpha value is -2.23. The summed E-state index contributed by atoms with van der Waals surface area (Å²) in [7, 11) is 0. The van der Waals surface area contributed by atoms with Gasteiger partial charge in [-0.15, -0.1) is 0 Å². The van der Waals surface area contributed by atoms with E-state index in [4.69, 9.17) is 16.3 Å². The van der Waals surface area contributed by atoms with Gasteiger partial charge < -0.3 is 14.2 Å². The molecule has 2 aromatic carbocycles. The number of anilines is 1. The van der Waals surface area contributed by atoms with E-state index in [2.05, 4.69) is 48.4 Å². The van der Waals surface area contributed by atoms with Crippen molar-refractivity contribution in [2.45, 2.75) is 13.2 Å². The van der Waals surface area contributed by atoms with Crippen LogP contribution in [0.25, 0.3) is 5.69 Å². The summed E-state index contributed by atoms with van der Waals surface area (Å²) < 4.78 is 8.05. The average molecular weight is 339 g/mol. The number of halogens is 1. The molecule has 1 atom stereocenters. The van der Waals surface area contributed by atoms with Crippen LogP contribution in [0.4, 0.5) is 5.69 Å². The van der Waals surface area contributed by atoms with Crippen molar-refractivity contribution >= 4 is 17.3 Å². The zero-order valence-corrected chi connectivity index (χ0v) is 14.3. The van der Waals surface area contributed by atoms with Gasteiger partial charge in [0.2, 0.25) is 0 Å². The Balaban J connectivity index is 1.65. The van der Waals surface area contributed by atoms with Crippen molar-refractivity contribution in [3.63, 3.8) is 0 Å². The van der Waals surface area contributed by atoms with Crippen LogP contribution in [-0.4, -0.2) is 17.7 Å². The first-order valence-electron chi connectivity index (χ1n) is 8.10. The monoisotopic (exact) mass is 338 g/mol. The fourth-order valence-electron chi connectivity index (χ4n) is 3.19. The van der Waals surface area contributed by atoms with Crippen molar-refractivity contribution in [3.05, 3.63) is 83.1 Å². The Labute approximate surface area is 147 Å². The third-order valence-corrected chi connectivity index (χ3v) is 4.68. The van der Waals surface area contributed by atoms with Crippen molar-refractivity contribution in [2.24, 2.45) is 0 Å². The number of hydrogen-bond donors (Lipinski definition) is 0. The normalized spacial score (nSPS) is 17.4. The van der Waals surface area contributed by atoms with E-state index in [0.717, 1.165) is 29.4 Å². The first-order chi connectivity index (χ1) is 11.7. The number of para-hydroxylation sites is 1. The van der Waals surface area contributed by atoms with E-state index < -0.39 is 0 Å². The van der Waals surface area contributed by atoms with Gasteiger partial charge in [0.05, 0.1) is 17.3 Å². The van der Waals surface area contributed by atoms with Crippen LogP contribution >= 0.6 is 11.6 Å². The Morgan fingerprint density at radius 1 is 1.08 bits per heavy atom. The van der Waals surface area contributed by atoms with Gasteiger partial charge in [0.25, 0.3) is 0 Å². The predicted octanol–water partition coefficient (Wildman–Crippen LogP) is 4.97. The van der Waals surface area contributed by atoms with Gasteiger partial charge in [-0.3, -0.25) is 0 Å². The molecule has 1 saturated heterocycles. The van der Waals surface area contributed by atoms with Gasteiger partial charge in [0.1, 0.15) is 0 Å². The molecule has 4 heteroatoms. The Bertz CT molecular complexity index is 858. The lowest BCUT2D eigenvalue weighted by Crippen LogP contribution is -2.23. The second-order valence-corrected chi connectivity index (χ2v) is 6.47. The number of benzene rings is 2. The van der Waals surface area contributed by atoms with Crippen LogP contribution in [0.1, 0.15) is 17.4 Å². The number of ether oxygens (including phenoxy) is 1. The van der Waals surface area contributed by atoms with Gasteiger partial charge in [-0.1, -0.05) is 35.9 Å². The second kappa shape index (κ2) is 6.34. The number of nitrogens with zero attached hydrogens (tertiary/aromatic N) is 2.